The fourth-order valence-corrected chi connectivity index (χ4v) is 1.80. The van der Waals surface area contributed by atoms with E-state index in [1.54, 1.807) is 12.4 Å². The lowest BCUT2D eigenvalue weighted by Crippen LogP contribution is -1.98. The van der Waals surface area contributed by atoms with Gasteiger partial charge in [-0.15, -0.1) is 0 Å². The molecule has 19 heavy (non-hydrogen) atoms. The van der Waals surface area contributed by atoms with Crippen LogP contribution in [-0.2, 0) is 0 Å². The van der Waals surface area contributed by atoms with Crippen molar-refractivity contribution in [3.05, 3.63) is 54.6 Å². The number of hydrogen-bond acceptors (Lipinski definition) is 5. The molecule has 1 aromatic carbocycles. The second-order valence-electron chi connectivity index (χ2n) is 3.90. The summed E-state index contributed by atoms with van der Waals surface area (Å²) in [5.74, 6) is 0.452. The number of pyridine rings is 1. The van der Waals surface area contributed by atoms with E-state index in [-0.39, 0.29) is 5.69 Å². The van der Waals surface area contributed by atoms with Crippen LogP contribution in [0.3, 0.4) is 0 Å². The maximum absolute atomic E-state index is 8.97. The number of nitrogens with one attached hydrogen (secondary N) is 1. The molecule has 5 nitrogen and oxygen atoms in total. The van der Waals surface area contributed by atoms with Crippen molar-refractivity contribution in [3.8, 4) is 6.07 Å². The number of benzene rings is 1. The lowest BCUT2D eigenvalue weighted by molar-refractivity contribution is 1.16. The molecule has 0 unspecified atom stereocenters. The molecule has 0 aliphatic rings. The van der Waals surface area contributed by atoms with Gasteiger partial charge in [0.25, 0.3) is 0 Å². The number of nitrogens with zero attached hydrogens (tertiary/aromatic N) is 4. The van der Waals surface area contributed by atoms with Gasteiger partial charge in [0.1, 0.15) is 6.07 Å². The smallest absolute Gasteiger partial charge is 0.183 e. The maximum Gasteiger partial charge on any atom is 0.183 e. The van der Waals surface area contributed by atoms with Crippen LogP contribution >= 0.6 is 0 Å². The fraction of sp³-hybridized carbons (Fsp3) is 0. The van der Waals surface area contributed by atoms with Crippen LogP contribution in [0.15, 0.2) is 48.9 Å². The summed E-state index contributed by atoms with van der Waals surface area (Å²) in [6.07, 6.45) is 4.80. The van der Waals surface area contributed by atoms with E-state index < -0.39 is 0 Å². The van der Waals surface area contributed by atoms with Crippen molar-refractivity contribution >= 4 is 22.4 Å². The van der Waals surface area contributed by atoms with Gasteiger partial charge in [0, 0.05) is 29.7 Å². The van der Waals surface area contributed by atoms with E-state index in [0.717, 1.165) is 16.6 Å². The number of fused-ring (bicyclic) bond motifs is 1. The summed E-state index contributed by atoms with van der Waals surface area (Å²) >= 11 is 0. The van der Waals surface area contributed by atoms with Gasteiger partial charge in [-0.1, -0.05) is 6.07 Å². The molecule has 0 saturated carbocycles. The topological polar surface area (TPSA) is 74.5 Å². The summed E-state index contributed by atoms with van der Waals surface area (Å²) in [7, 11) is 0. The second kappa shape index (κ2) is 4.70. The van der Waals surface area contributed by atoms with Crippen LogP contribution in [0.25, 0.3) is 10.9 Å². The second-order valence-corrected chi connectivity index (χ2v) is 3.90. The third-order valence-electron chi connectivity index (χ3n) is 2.67. The van der Waals surface area contributed by atoms with Crippen molar-refractivity contribution in [1.29, 1.82) is 5.26 Å². The molecule has 0 aliphatic heterocycles. The minimum atomic E-state index is 0.272. The van der Waals surface area contributed by atoms with Gasteiger partial charge in [-0.3, -0.25) is 4.98 Å². The Bertz CT molecular complexity index is 776. The monoisotopic (exact) mass is 247 g/mol. The van der Waals surface area contributed by atoms with Crippen LogP contribution in [-0.4, -0.2) is 15.0 Å². The third kappa shape index (κ3) is 2.19. The molecule has 1 N–H and O–H groups in total. The minimum Gasteiger partial charge on any atom is -0.338 e. The molecule has 0 atom stereocenters. The van der Waals surface area contributed by atoms with Gasteiger partial charge in [0.2, 0.25) is 0 Å². The highest BCUT2D eigenvalue weighted by molar-refractivity contribution is 5.83. The SMILES string of the molecule is N#Cc1nccnc1Nc1ccc2ncccc2c1. The van der Waals surface area contributed by atoms with Gasteiger partial charge in [0.15, 0.2) is 11.5 Å². The Morgan fingerprint density at radius 3 is 2.79 bits per heavy atom. The third-order valence-corrected chi connectivity index (χ3v) is 2.67. The van der Waals surface area contributed by atoms with Crippen molar-refractivity contribution in [2.24, 2.45) is 0 Å². The first-order valence-electron chi connectivity index (χ1n) is 5.70. The van der Waals surface area contributed by atoms with Gasteiger partial charge in [-0.05, 0) is 24.3 Å². The van der Waals surface area contributed by atoms with Crippen molar-refractivity contribution in [1.82, 2.24) is 15.0 Å². The van der Waals surface area contributed by atoms with Crippen molar-refractivity contribution in [2.45, 2.75) is 0 Å². The van der Waals surface area contributed by atoms with Gasteiger partial charge in [-0.25, -0.2) is 9.97 Å². The zero-order chi connectivity index (χ0) is 13.1. The minimum absolute atomic E-state index is 0.272. The average molecular weight is 247 g/mol. The summed E-state index contributed by atoms with van der Waals surface area (Å²) in [5, 5.41) is 13.1. The first-order valence-corrected chi connectivity index (χ1v) is 5.70. The Morgan fingerprint density at radius 1 is 1.00 bits per heavy atom. The molecule has 3 aromatic rings. The van der Waals surface area contributed by atoms with E-state index in [1.165, 1.54) is 6.20 Å². The van der Waals surface area contributed by atoms with Gasteiger partial charge < -0.3 is 5.32 Å². The highest BCUT2D eigenvalue weighted by atomic mass is 15.0. The summed E-state index contributed by atoms with van der Waals surface area (Å²) in [4.78, 5) is 12.3. The number of rotatable bonds is 2. The average Bonchev–Trinajstić information content (AvgIpc) is 2.48. The van der Waals surface area contributed by atoms with E-state index in [0.29, 0.717) is 5.82 Å². The summed E-state index contributed by atoms with van der Waals surface area (Å²) in [6, 6.07) is 11.6. The normalized spacial score (nSPS) is 10.1. The van der Waals surface area contributed by atoms with E-state index in [2.05, 4.69) is 20.3 Å². The van der Waals surface area contributed by atoms with Crippen molar-refractivity contribution < 1.29 is 0 Å². The lowest BCUT2D eigenvalue weighted by Gasteiger charge is -2.07. The molecule has 90 valence electrons. The lowest BCUT2D eigenvalue weighted by atomic mass is 10.2. The van der Waals surface area contributed by atoms with Crippen LogP contribution < -0.4 is 5.32 Å². The molecule has 5 heteroatoms. The molecule has 0 aliphatic carbocycles. The maximum atomic E-state index is 8.97. The fourth-order valence-electron chi connectivity index (χ4n) is 1.80. The van der Waals surface area contributed by atoms with Crippen molar-refractivity contribution in [2.75, 3.05) is 5.32 Å². The quantitative estimate of drug-likeness (QED) is 0.753. The molecule has 0 radical (unpaired) electrons. The van der Waals surface area contributed by atoms with Crippen LogP contribution in [0.4, 0.5) is 11.5 Å². The molecule has 0 bridgehead atoms. The van der Waals surface area contributed by atoms with E-state index in [1.807, 2.05) is 36.4 Å². The number of nitriles is 1. The van der Waals surface area contributed by atoms with E-state index in [4.69, 9.17) is 5.26 Å². The molecule has 0 amide bonds. The van der Waals surface area contributed by atoms with Crippen LogP contribution in [0.1, 0.15) is 5.69 Å². The standard InChI is InChI=1S/C14H9N5/c15-9-13-14(18-7-6-17-13)19-11-3-4-12-10(8-11)2-1-5-16-12/h1-8H,(H,18,19). The summed E-state index contributed by atoms with van der Waals surface area (Å²) in [5.41, 5.74) is 2.04. The Kier molecular flexibility index (Phi) is 2.75. The Hall–Kier alpha value is -3.00. The molecular formula is C14H9N5. The molecule has 3 rings (SSSR count). The molecule has 0 spiro atoms. The van der Waals surface area contributed by atoms with Crippen LogP contribution in [0.2, 0.25) is 0 Å². The molecule has 0 saturated heterocycles. The molecule has 2 aromatic heterocycles. The Balaban J connectivity index is 1.99. The highest BCUT2D eigenvalue weighted by Crippen LogP contribution is 2.20. The Morgan fingerprint density at radius 2 is 1.89 bits per heavy atom. The van der Waals surface area contributed by atoms with Crippen molar-refractivity contribution in [3.63, 3.8) is 0 Å². The highest BCUT2D eigenvalue weighted by Gasteiger charge is 2.04. The zero-order valence-electron chi connectivity index (χ0n) is 9.91. The summed E-state index contributed by atoms with van der Waals surface area (Å²) < 4.78 is 0. The molecular weight excluding hydrogens is 238 g/mol. The predicted octanol–water partition coefficient (Wildman–Crippen LogP) is 2.64. The predicted molar refractivity (Wildman–Crippen MR) is 71.8 cm³/mol. The number of anilines is 2. The van der Waals surface area contributed by atoms with Gasteiger partial charge >= 0.3 is 0 Å². The van der Waals surface area contributed by atoms with E-state index in [9.17, 15) is 0 Å². The molecule has 2 heterocycles. The van der Waals surface area contributed by atoms with Crippen LogP contribution in [0.5, 0.6) is 0 Å². The Labute approximate surface area is 109 Å². The zero-order valence-corrected chi connectivity index (χ0v) is 9.91. The first kappa shape index (κ1) is 11.1. The summed E-state index contributed by atoms with van der Waals surface area (Å²) in [6.45, 7) is 0. The largest absolute Gasteiger partial charge is 0.338 e. The van der Waals surface area contributed by atoms with E-state index >= 15 is 0 Å². The van der Waals surface area contributed by atoms with Crippen LogP contribution in [0, 0.1) is 11.3 Å². The number of hydrogen-bond donors (Lipinski definition) is 1. The number of aromatic nitrogens is 3. The first-order chi connectivity index (χ1) is 9.36. The van der Waals surface area contributed by atoms with Gasteiger partial charge in [-0.2, -0.15) is 5.26 Å². The molecule has 0 fully saturated rings. The van der Waals surface area contributed by atoms with Gasteiger partial charge in [0.05, 0.1) is 5.52 Å².